The zero-order valence-electron chi connectivity index (χ0n) is 33.6. The van der Waals surface area contributed by atoms with E-state index in [2.05, 4.69) is 264 Å². The predicted molar refractivity (Wildman–Crippen MR) is 262 cm³/mol. The van der Waals surface area contributed by atoms with Crippen LogP contribution in [0.25, 0.3) is 49.4 Å². The number of anilines is 3. The molecule has 1 aromatic heterocycles. The third-order valence-electron chi connectivity index (χ3n) is 12.3. The first kappa shape index (κ1) is 36.4. The van der Waals surface area contributed by atoms with E-state index in [4.69, 9.17) is 0 Å². The van der Waals surface area contributed by atoms with Crippen molar-refractivity contribution in [2.45, 2.75) is 0 Å². The topological polar surface area (TPSA) is 8.17 Å². The average molecular weight is 795 g/mol. The molecule has 1 heterocycles. The van der Waals surface area contributed by atoms with Gasteiger partial charge in [-0.1, -0.05) is 200 Å². The van der Waals surface area contributed by atoms with Gasteiger partial charge in [-0.05, 0) is 91.9 Å². The van der Waals surface area contributed by atoms with Gasteiger partial charge >= 0.3 is 0 Å². The fraction of sp³-hybridized carbons (Fsp3) is 0. The number of hydrogen-bond donors (Lipinski definition) is 0. The number of benzene rings is 10. The molecule has 3 heteroatoms. The summed E-state index contributed by atoms with van der Waals surface area (Å²) >= 11 is 0. The highest BCUT2D eigenvalue weighted by Crippen LogP contribution is 2.42. The minimum Gasteiger partial charge on any atom is -0.310 e. The molecule has 0 saturated carbocycles. The van der Waals surface area contributed by atoms with Gasteiger partial charge in [0.15, 0.2) is 8.07 Å². The Bertz CT molecular complexity index is 3170. The van der Waals surface area contributed by atoms with Crippen molar-refractivity contribution < 1.29 is 0 Å². The molecule has 10 aromatic carbocycles. The minimum atomic E-state index is -2.69. The minimum absolute atomic E-state index is 1.10. The van der Waals surface area contributed by atoms with E-state index in [1.807, 2.05) is 0 Å². The summed E-state index contributed by atoms with van der Waals surface area (Å²) < 4.78 is 2.39. The summed E-state index contributed by atoms with van der Waals surface area (Å²) in [6, 6.07) is 93.5. The van der Waals surface area contributed by atoms with Gasteiger partial charge in [-0.3, -0.25) is 0 Å². The standard InChI is InChI=1S/C58H42N2Si/c1-5-21-45(22-6-1)60-56-32-16-15-30-54(56)58-53(31-18-34-57(58)60)44-35-37-46(38-36-44)59(55-33-17-20-43-19-13-14-29-52(43)55)47-39-41-51(42-40-47)61(48-23-7-2-8-24-48,49-25-9-3-10-26-49)50-27-11-4-12-28-50/h1-42H. The molecule has 0 fully saturated rings. The van der Waals surface area contributed by atoms with Crippen LogP contribution in [0.1, 0.15) is 0 Å². The maximum absolute atomic E-state index is 2.69. The van der Waals surface area contributed by atoms with Gasteiger partial charge < -0.3 is 9.47 Å². The molecule has 2 nitrogen and oxygen atoms in total. The number of nitrogens with zero attached hydrogens (tertiary/aromatic N) is 2. The first-order chi connectivity index (χ1) is 30.3. The van der Waals surface area contributed by atoms with Crippen molar-refractivity contribution in [1.82, 2.24) is 4.57 Å². The Balaban J connectivity index is 1.07. The van der Waals surface area contributed by atoms with Gasteiger partial charge in [0, 0.05) is 33.2 Å². The van der Waals surface area contributed by atoms with Gasteiger partial charge in [0.2, 0.25) is 0 Å². The second kappa shape index (κ2) is 15.5. The monoisotopic (exact) mass is 794 g/mol. The van der Waals surface area contributed by atoms with Gasteiger partial charge in [-0.15, -0.1) is 0 Å². The molecular formula is C58H42N2Si. The Morgan fingerprint density at radius 3 is 1.41 bits per heavy atom. The fourth-order valence-corrected chi connectivity index (χ4v) is 14.4. The maximum atomic E-state index is 2.43. The highest BCUT2D eigenvalue weighted by atomic mass is 28.3. The summed E-state index contributed by atoms with van der Waals surface area (Å²) in [7, 11) is -2.69. The van der Waals surface area contributed by atoms with Gasteiger partial charge in [0.25, 0.3) is 0 Å². The zero-order valence-corrected chi connectivity index (χ0v) is 34.6. The van der Waals surface area contributed by atoms with E-state index in [9.17, 15) is 0 Å². The molecule has 11 rings (SSSR count). The van der Waals surface area contributed by atoms with E-state index in [1.54, 1.807) is 0 Å². The highest BCUT2D eigenvalue weighted by Gasteiger charge is 2.41. The van der Waals surface area contributed by atoms with Gasteiger partial charge in [0.05, 0.1) is 16.7 Å². The second-order valence-electron chi connectivity index (χ2n) is 15.7. The molecule has 0 N–H and O–H groups in total. The van der Waals surface area contributed by atoms with Crippen molar-refractivity contribution in [3.05, 3.63) is 255 Å². The van der Waals surface area contributed by atoms with Crippen molar-refractivity contribution in [3.63, 3.8) is 0 Å². The lowest BCUT2D eigenvalue weighted by Crippen LogP contribution is -2.74. The van der Waals surface area contributed by atoms with Gasteiger partial charge in [0.1, 0.15) is 0 Å². The van der Waals surface area contributed by atoms with Crippen molar-refractivity contribution in [1.29, 1.82) is 0 Å². The van der Waals surface area contributed by atoms with Crippen LogP contribution in [-0.4, -0.2) is 12.6 Å². The Morgan fingerprint density at radius 2 is 0.787 bits per heavy atom. The zero-order chi connectivity index (χ0) is 40.6. The third kappa shape index (κ3) is 6.18. The number of hydrogen-bond acceptors (Lipinski definition) is 1. The quantitative estimate of drug-likeness (QED) is 0.104. The molecule has 11 aromatic rings. The molecule has 0 amide bonds. The van der Waals surface area contributed by atoms with Crippen LogP contribution in [0.3, 0.4) is 0 Å². The lowest BCUT2D eigenvalue weighted by molar-refractivity contribution is 1.18. The van der Waals surface area contributed by atoms with Crippen LogP contribution in [0.5, 0.6) is 0 Å². The molecule has 0 bridgehead atoms. The summed E-state index contributed by atoms with van der Waals surface area (Å²) in [5, 5.41) is 10.4. The van der Waals surface area contributed by atoms with Crippen molar-refractivity contribution in [2.24, 2.45) is 0 Å². The molecule has 288 valence electrons. The van der Waals surface area contributed by atoms with Crippen molar-refractivity contribution in [2.75, 3.05) is 4.90 Å². The van der Waals surface area contributed by atoms with E-state index in [0.29, 0.717) is 0 Å². The van der Waals surface area contributed by atoms with Crippen molar-refractivity contribution >= 4 is 78.5 Å². The molecule has 61 heavy (non-hydrogen) atoms. The number of fused-ring (bicyclic) bond motifs is 4. The lowest BCUT2D eigenvalue weighted by atomic mass is 9.99. The average Bonchev–Trinajstić information content (AvgIpc) is 3.69. The first-order valence-corrected chi connectivity index (χ1v) is 23.0. The molecule has 0 radical (unpaired) electrons. The lowest BCUT2D eigenvalue weighted by Gasteiger charge is -2.35. The molecular weight excluding hydrogens is 753 g/mol. The summed E-state index contributed by atoms with van der Waals surface area (Å²) in [5.74, 6) is 0. The molecule has 0 unspecified atom stereocenters. The van der Waals surface area contributed by atoms with Gasteiger partial charge in [-0.2, -0.15) is 0 Å². The number of para-hydroxylation sites is 2. The fourth-order valence-electron chi connectivity index (χ4n) is 9.66. The Hall–Kier alpha value is -7.72. The maximum Gasteiger partial charge on any atom is 0.179 e. The molecule has 0 aliphatic heterocycles. The normalized spacial score (nSPS) is 11.6. The summed E-state index contributed by atoms with van der Waals surface area (Å²) in [6.07, 6.45) is 0. The van der Waals surface area contributed by atoms with Crippen molar-refractivity contribution in [3.8, 4) is 16.8 Å². The van der Waals surface area contributed by atoms with Crippen LogP contribution in [0.2, 0.25) is 0 Å². The Labute approximate surface area is 357 Å². The van der Waals surface area contributed by atoms with E-state index in [-0.39, 0.29) is 0 Å². The first-order valence-electron chi connectivity index (χ1n) is 21.0. The molecule has 0 aliphatic carbocycles. The van der Waals surface area contributed by atoms with Crippen LogP contribution in [0.15, 0.2) is 255 Å². The van der Waals surface area contributed by atoms with Crippen LogP contribution < -0.4 is 25.6 Å². The SMILES string of the molecule is c1ccc(-n2c3ccccc3c3c(-c4ccc(N(c5ccc([Si](c6ccccc6)(c6ccccc6)c6ccccc6)cc5)c5cccc6ccccc56)cc4)cccc32)cc1. The summed E-state index contributed by atoms with van der Waals surface area (Å²) in [5.41, 5.74) is 9.33. The third-order valence-corrected chi connectivity index (χ3v) is 17.1. The molecule has 0 spiro atoms. The van der Waals surface area contributed by atoms with E-state index >= 15 is 0 Å². The predicted octanol–water partition coefficient (Wildman–Crippen LogP) is 12.5. The Morgan fingerprint density at radius 1 is 0.328 bits per heavy atom. The molecule has 0 saturated heterocycles. The highest BCUT2D eigenvalue weighted by molar-refractivity contribution is 7.19. The smallest absolute Gasteiger partial charge is 0.179 e. The second-order valence-corrected chi connectivity index (χ2v) is 19.5. The van der Waals surface area contributed by atoms with E-state index < -0.39 is 8.07 Å². The number of rotatable bonds is 9. The van der Waals surface area contributed by atoms with Crippen LogP contribution in [0, 0.1) is 0 Å². The summed E-state index contributed by atoms with van der Waals surface area (Å²) in [6.45, 7) is 0. The van der Waals surface area contributed by atoms with Gasteiger partial charge in [-0.25, -0.2) is 0 Å². The summed E-state index contributed by atoms with van der Waals surface area (Å²) in [4.78, 5) is 2.43. The van der Waals surface area contributed by atoms with Crippen LogP contribution in [0.4, 0.5) is 17.1 Å². The largest absolute Gasteiger partial charge is 0.310 e. The molecule has 0 aliphatic rings. The Kier molecular flexibility index (Phi) is 9.22. The number of aromatic nitrogens is 1. The van der Waals surface area contributed by atoms with E-state index in [0.717, 1.165) is 22.7 Å². The van der Waals surface area contributed by atoms with Crippen LogP contribution >= 0.6 is 0 Å². The van der Waals surface area contributed by atoms with E-state index in [1.165, 1.54) is 64.5 Å². The van der Waals surface area contributed by atoms with Crippen LogP contribution in [-0.2, 0) is 0 Å². The molecule has 0 atom stereocenters.